The summed E-state index contributed by atoms with van der Waals surface area (Å²) in [4.78, 5) is 11.9. The Bertz CT molecular complexity index is 377. The third-order valence-corrected chi connectivity index (χ3v) is 4.72. The van der Waals surface area contributed by atoms with E-state index in [4.69, 9.17) is 0 Å². The van der Waals surface area contributed by atoms with E-state index in [9.17, 15) is 4.79 Å². The van der Waals surface area contributed by atoms with Crippen molar-refractivity contribution < 1.29 is 4.79 Å². The summed E-state index contributed by atoms with van der Waals surface area (Å²) in [5.41, 5.74) is 0.713. The molecule has 0 saturated carbocycles. The Labute approximate surface area is 108 Å². The minimum atomic E-state index is 0.0139. The van der Waals surface area contributed by atoms with Gasteiger partial charge < -0.3 is 5.32 Å². The summed E-state index contributed by atoms with van der Waals surface area (Å²) in [6, 6.07) is 7.51. The minimum Gasteiger partial charge on any atom is -0.351 e. The van der Waals surface area contributed by atoms with Crippen LogP contribution >= 0.6 is 27.7 Å². The van der Waals surface area contributed by atoms with Crippen molar-refractivity contribution in [2.75, 3.05) is 12.3 Å². The molecule has 1 aromatic carbocycles. The summed E-state index contributed by atoms with van der Waals surface area (Å²) < 4.78 is 0.853. The molecule has 86 valence electrons. The SMILES string of the molecule is O=C(NCC1CCCS1)c1ccccc1Br. The summed E-state index contributed by atoms with van der Waals surface area (Å²) in [6.07, 6.45) is 2.50. The summed E-state index contributed by atoms with van der Waals surface area (Å²) in [5.74, 6) is 1.25. The van der Waals surface area contributed by atoms with E-state index in [0.717, 1.165) is 11.0 Å². The summed E-state index contributed by atoms with van der Waals surface area (Å²) in [6.45, 7) is 0.783. The first-order valence-electron chi connectivity index (χ1n) is 5.41. The number of carbonyl (C=O) groups excluding carboxylic acids is 1. The molecule has 1 unspecified atom stereocenters. The Hall–Kier alpha value is -0.480. The van der Waals surface area contributed by atoms with Gasteiger partial charge in [0.15, 0.2) is 0 Å². The van der Waals surface area contributed by atoms with Crippen LogP contribution < -0.4 is 5.32 Å². The Kier molecular flexibility index (Phi) is 4.29. The quantitative estimate of drug-likeness (QED) is 0.929. The second-order valence-electron chi connectivity index (χ2n) is 3.82. The van der Waals surface area contributed by atoms with Gasteiger partial charge in [-0.2, -0.15) is 11.8 Å². The second-order valence-corrected chi connectivity index (χ2v) is 6.09. The molecular formula is C12H14BrNOS. The summed E-state index contributed by atoms with van der Waals surface area (Å²) in [7, 11) is 0. The van der Waals surface area contributed by atoms with E-state index in [0.29, 0.717) is 10.8 Å². The normalized spacial score (nSPS) is 19.7. The van der Waals surface area contributed by atoms with Crippen LogP contribution in [-0.2, 0) is 0 Å². The summed E-state index contributed by atoms with van der Waals surface area (Å²) in [5, 5.41) is 3.60. The van der Waals surface area contributed by atoms with E-state index in [1.165, 1.54) is 18.6 Å². The molecule has 16 heavy (non-hydrogen) atoms. The lowest BCUT2D eigenvalue weighted by Gasteiger charge is -2.10. The van der Waals surface area contributed by atoms with Crippen molar-refractivity contribution in [1.29, 1.82) is 0 Å². The molecule has 1 N–H and O–H groups in total. The zero-order valence-electron chi connectivity index (χ0n) is 8.91. The molecule has 1 amide bonds. The van der Waals surface area contributed by atoms with Gasteiger partial charge in [0.25, 0.3) is 5.91 Å². The summed E-state index contributed by atoms with van der Waals surface area (Å²) >= 11 is 5.34. The highest BCUT2D eigenvalue weighted by molar-refractivity contribution is 9.10. The molecule has 0 bridgehead atoms. The van der Waals surface area contributed by atoms with E-state index in [1.807, 2.05) is 36.0 Å². The second kappa shape index (κ2) is 5.73. The highest BCUT2D eigenvalue weighted by Crippen LogP contribution is 2.25. The smallest absolute Gasteiger partial charge is 0.252 e. The fourth-order valence-corrected chi connectivity index (χ4v) is 3.42. The molecule has 0 spiro atoms. The lowest BCUT2D eigenvalue weighted by molar-refractivity contribution is 0.0953. The highest BCUT2D eigenvalue weighted by Gasteiger charge is 2.17. The molecule has 1 aliphatic rings. The van der Waals surface area contributed by atoms with Gasteiger partial charge >= 0.3 is 0 Å². The van der Waals surface area contributed by atoms with Gasteiger partial charge in [-0.1, -0.05) is 12.1 Å². The lowest BCUT2D eigenvalue weighted by Crippen LogP contribution is -2.29. The van der Waals surface area contributed by atoms with Gasteiger partial charge in [0.2, 0.25) is 0 Å². The van der Waals surface area contributed by atoms with E-state index in [2.05, 4.69) is 21.2 Å². The van der Waals surface area contributed by atoms with Gasteiger partial charge in [-0.15, -0.1) is 0 Å². The maximum Gasteiger partial charge on any atom is 0.252 e. The van der Waals surface area contributed by atoms with Crippen molar-refractivity contribution in [3.8, 4) is 0 Å². The molecule has 1 fully saturated rings. The number of thioether (sulfide) groups is 1. The molecule has 0 aliphatic carbocycles. The molecule has 2 rings (SSSR count). The maximum atomic E-state index is 11.9. The molecular weight excluding hydrogens is 286 g/mol. The topological polar surface area (TPSA) is 29.1 Å². The van der Waals surface area contributed by atoms with Gasteiger partial charge in [0, 0.05) is 16.3 Å². The monoisotopic (exact) mass is 299 g/mol. The van der Waals surface area contributed by atoms with E-state index in [-0.39, 0.29) is 5.91 Å². The van der Waals surface area contributed by atoms with Crippen molar-refractivity contribution in [2.45, 2.75) is 18.1 Å². The Balaban J connectivity index is 1.90. The van der Waals surface area contributed by atoms with Gasteiger partial charge in [-0.25, -0.2) is 0 Å². The molecule has 1 saturated heterocycles. The number of hydrogen-bond donors (Lipinski definition) is 1. The first kappa shape index (κ1) is 12.0. The van der Waals surface area contributed by atoms with Gasteiger partial charge in [0.1, 0.15) is 0 Å². The van der Waals surface area contributed by atoms with E-state index < -0.39 is 0 Å². The van der Waals surface area contributed by atoms with Crippen LogP contribution in [0.3, 0.4) is 0 Å². The molecule has 1 aromatic rings. The van der Waals surface area contributed by atoms with Crippen LogP contribution in [0.1, 0.15) is 23.2 Å². The number of carbonyl (C=O) groups is 1. The molecule has 1 aliphatic heterocycles. The zero-order valence-corrected chi connectivity index (χ0v) is 11.3. The van der Waals surface area contributed by atoms with E-state index >= 15 is 0 Å². The predicted octanol–water partition coefficient (Wildman–Crippen LogP) is 3.07. The molecule has 0 radical (unpaired) electrons. The third-order valence-electron chi connectivity index (χ3n) is 2.63. The fraction of sp³-hybridized carbons (Fsp3) is 0.417. The molecule has 1 heterocycles. The number of halogens is 1. The van der Waals surface area contributed by atoms with Crippen LogP contribution in [0, 0.1) is 0 Å². The minimum absolute atomic E-state index is 0.0139. The van der Waals surface area contributed by atoms with Crippen molar-refractivity contribution in [3.05, 3.63) is 34.3 Å². The molecule has 4 heteroatoms. The largest absolute Gasteiger partial charge is 0.351 e. The van der Waals surface area contributed by atoms with Crippen molar-refractivity contribution >= 4 is 33.6 Å². The van der Waals surface area contributed by atoms with Crippen LogP contribution in [0.2, 0.25) is 0 Å². The molecule has 0 aromatic heterocycles. The Morgan fingerprint density at radius 1 is 1.50 bits per heavy atom. The number of rotatable bonds is 3. The van der Waals surface area contributed by atoms with Crippen LogP contribution in [-0.4, -0.2) is 23.5 Å². The van der Waals surface area contributed by atoms with Crippen LogP contribution in [0.4, 0.5) is 0 Å². The van der Waals surface area contributed by atoms with Crippen LogP contribution in [0.5, 0.6) is 0 Å². The van der Waals surface area contributed by atoms with Crippen molar-refractivity contribution in [2.24, 2.45) is 0 Å². The predicted molar refractivity (Wildman–Crippen MR) is 72.0 cm³/mol. The van der Waals surface area contributed by atoms with Crippen LogP contribution in [0.15, 0.2) is 28.7 Å². The van der Waals surface area contributed by atoms with Crippen molar-refractivity contribution in [1.82, 2.24) is 5.32 Å². The maximum absolute atomic E-state index is 11.9. The standard InChI is InChI=1S/C12H14BrNOS/c13-11-6-2-1-5-10(11)12(15)14-8-9-4-3-7-16-9/h1-2,5-6,9H,3-4,7-8H2,(H,14,15). The van der Waals surface area contributed by atoms with Gasteiger partial charge in [0.05, 0.1) is 5.56 Å². The number of amides is 1. The number of benzene rings is 1. The first-order valence-corrected chi connectivity index (χ1v) is 7.26. The van der Waals surface area contributed by atoms with E-state index in [1.54, 1.807) is 0 Å². The van der Waals surface area contributed by atoms with Gasteiger partial charge in [-0.05, 0) is 46.7 Å². The lowest BCUT2D eigenvalue weighted by atomic mass is 10.2. The first-order chi connectivity index (χ1) is 7.77. The van der Waals surface area contributed by atoms with Crippen LogP contribution in [0.25, 0.3) is 0 Å². The number of hydrogen-bond acceptors (Lipinski definition) is 2. The molecule has 1 atom stereocenters. The molecule has 2 nitrogen and oxygen atoms in total. The average Bonchev–Trinajstić information content (AvgIpc) is 2.79. The third kappa shape index (κ3) is 3.01. The number of nitrogens with one attached hydrogen (secondary N) is 1. The fourth-order valence-electron chi connectivity index (χ4n) is 1.75. The van der Waals surface area contributed by atoms with Gasteiger partial charge in [-0.3, -0.25) is 4.79 Å². The average molecular weight is 300 g/mol. The van der Waals surface area contributed by atoms with Crippen molar-refractivity contribution in [3.63, 3.8) is 0 Å². The Morgan fingerprint density at radius 3 is 3.00 bits per heavy atom. The zero-order chi connectivity index (χ0) is 11.4. The Morgan fingerprint density at radius 2 is 2.31 bits per heavy atom. The highest BCUT2D eigenvalue weighted by atomic mass is 79.9.